The molecule has 0 atom stereocenters. The molecule has 0 radical (unpaired) electrons. The first-order chi connectivity index (χ1) is 9.97. The Morgan fingerprint density at radius 1 is 1.33 bits per heavy atom. The van der Waals surface area contributed by atoms with Gasteiger partial charge in [0.1, 0.15) is 4.88 Å². The number of para-hydroxylation sites is 1. The predicted octanol–water partition coefficient (Wildman–Crippen LogP) is 3.16. The van der Waals surface area contributed by atoms with Crippen LogP contribution in [0.5, 0.6) is 0 Å². The van der Waals surface area contributed by atoms with E-state index in [-0.39, 0.29) is 12.5 Å². The molecule has 5 nitrogen and oxygen atoms in total. The summed E-state index contributed by atoms with van der Waals surface area (Å²) in [5.74, 6) is -0.887. The number of esters is 1. The molecule has 1 N–H and O–H groups in total. The van der Waals surface area contributed by atoms with Gasteiger partial charge in [0, 0.05) is 3.57 Å². The van der Waals surface area contributed by atoms with Crippen LogP contribution in [0.25, 0.3) is 0 Å². The smallest absolute Gasteiger partial charge is 0.350 e. The van der Waals surface area contributed by atoms with Crippen molar-refractivity contribution in [3.8, 4) is 0 Å². The maximum absolute atomic E-state index is 11.9. The second-order valence-electron chi connectivity index (χ2n) is 4.25. The van der Waals surface area contributed by atoms with Crippen molar-refractivity contribution in [3.05, 3.63) is 43.4 Å². The Morgan fingerprint density at radius 2 is 2.05 bits per heavy atom. The predicted molar refractivity (Wildman–Crippen MR) is 89.7 cm³/mol. The lowest BCUT2D eigenvalue weighted by atomic mass is 10.3. The van der Waals surface area contributed by atoms with Gasteiger partial charge in [-0.05, 0) is 48.6 Å². The molecule has 0 aliphatic heterocycles. The molecule has 0 spiro atoms. The molecule has 0 bridgehead atoms. The summed E-state index contributed by atoms with van der Waals surface area (Å²) in [6.07, 6.45) is 0. The Hall–Kier alpha value is -1.48. The van der Waals surface area contributed by atoms with Gasteiger partial charge in [0.05, 0.1) is 16.4 Å². The third-order valence-electron chi connectivity index (χ3n) is 2.57. The van der Waals surface area contributed by atoms with Crippen LogP contribution in [-0.2, 0) is 9.53 Å². The molecule has 0 aliphatic carbocycles. The lowest BCUT2D eigenvalue weighted by Crippen LogP contribution is -2.21. The summed E-state index contributed by atoms with van der Waals surface area (Å²) >= 11 is 3.38. The average molecular weight is 416 g/mol. The number of aryl methyl sites for hydroxylation is 2. The molecular weight excluding hydrogens is 403 g/mol. The van der Waals surface area contributed by atoms with Gasteiger partial charge in [-0.25, -0.2) is 9.78 Å². The van der Waals surface area contributed by atoms with E-state index >= 15 is 0 Å². The Labute approximate surface area is 139 Å². The molecule has 0 saturated carbocycles. The Kier molecular flexibility index (Phi) is 5.29. The summed E-state index contributed by atoms with van der Waals surface area (Å²) in [5, 5.41) is 3.50. The number of benzene rings is 1. The van der Waals surface area contributed by atoms with Gasteiger partial charge in [0.15, 0.2) is 6.61 Å². The summed E-state index contributed by atoms with van der Waals surface area (Å²) in [4.78, 5) is 28.3. The molecule has 0 saturated heterocycles. The molecular formula is C14H13IN2O3S. The average Bonchev–Trinajstić information content (AvgIpc) is 2.78. The highest BCUT2D eigenvalue weighted by Gasteiger charge is 2.16. The number of halogens is 1. The maximum atomic E-state index is 11.9. The molecule has 7 heteroatoms. The molecule has 1 aromatic carbocycles. The number of thiazole rings is 1. The molecule has 1 amide bonds. The fraction of sp³-hybridized carbons (Fsp3) is 0.214. The zero-order chi connectivity index (χ0) is 15.4. The largest absolute Gasteiger partial charge is 0.451 e. The third-order valence-corrected chi connectivity index (χ3v) is 4.56. The number of hydrogen-bond donors (Lipinski definition) is 1. The van der Waals surface area contributed by atoms with Crippen molar-refractivity contribution in [2.45, 2.75) is 13.8 Å². The van der Waals surface area contributed by atoms with Crippen LogP contribution in [0.4, 0.5) is 5.69 Å². The molecule has 0 unspecified atom stereocenters. The van der Waals surface area contributed by atoms with Gasteiger partial charge in [-0.1, -0.05) is 12.1 Å². The first kappa shape index (κ1) is 15.9. The lowest BCUT2D eigenvalue weighted by molar-refractivity contribution is -0.119. The van der Waals surface area contributed by atoms with Crippen LogP contribution in [0.3, 0.4) is 0 Å². The Morgan fingerprint density at radius 3 is 2.67 bits per heavy atom. The molecule has 0 fully saturated rings. The molecule has 2 aromatic rings. The fourth-order valence-electron chi connectivity index (χ4n) is 1.67. The van der Waals surface area contributed by atoms with Gasteiger partial charge in [-0.15, -0.1) is 11.3 Å². The number of nitrogens with zero attached hydrogens (tertiary/aromatic N) is 1. The lowest BCUT2D eigenvalue weighted by Gasteiger charge is -2.07. The SMILES string of the molecule is Cc1nc(C)c(C(=O)OCC(=O)Nc2ccccc2I)s1. The summed E-state index contributed by atoms with van der Waals surface area (Å²) in [5.41, 5.74) is 1.32. The topological polar surface area (TPSA) is 68.3 Å². The van der Waals surface area contributed by atoms with E-state index in [4.69, 9.17) is 4.74 Å². The van der Waals surface area contributed by atoms with Crippen LogP contribution in [-0.4, -0.2) is 23.5 Å². The van der Waals surface area contributed by atoms with E-state index in [0.717, 1.165) is 8.58 Å². The van der Waals surface area contributed by atoms with Gasteiger partial charge < -0.3 is 10.1 Å². The van der Waals surface area contributed by atoms with Crippen molar-refractivity contribution in [1.29, 1.82) is 0 Å². The number of carbonyl (C=O) groups is 2. The number of nitrogens with one attached hydrogen (secondary N) is 1. The van der Waals surface area contributed by atoms with Gasteiger partial charge in [0.25, 0.3) is 5.91 Å². The Bertz CT molecular complexity index is 685. The van der Waals surface area contributed by atoms with Crippen molar-refractivity contribution in [1.82, 2.24) is 4.98 Å². The van der Waals surface area contributed by atoms with Crippen LogP contribution < -0.4 is 5.32 Å². The zero-order valence-corrected chi connectivity index (χ0v) is 14.4. The third kappa shape index (κ3) is 4.24. The van der Waals surface area contributed by atoms with Gasteiger partial charge in [-0.2, -0.15) is 0 Å². The van der Waals surface area contributed by atoms with E-state index in [1.165, 1.54) is 11.3 Å². The minimum Gasteiger partial charge on any atom is -0.451 e. The highest BCUT2D eigenvalue weighted by Crippen LogP contribution is 2.19. The summed E-state index contributed by atoms with van der Waals surface area (Å²) in [6.45, 7) is 3.24. The first-order valence-electron chi connectivity index (χ1n) is 6.13. The van der Waals surface area contributed by atoms with Crippen LogP contribution in [0.1, 0.15) is 20.4 Å². The molecule has 110 valence electrons. The standard InChI is InChI=1S/C14H13IN2O3S/c1-8-13(21-9(2)16-8)14(19)20-7-12(18)17-11-6-4-3-5-10(11)15/h3-6H,7H2,1-2H3,(H,17,18). The van der Waals surface area contributed by atoms with Gasteiger partial charge >= 0.3 is 5.97 Å². The number of ether oxygens (including phenoxy) is 1. The molecule has 1 aromatic heterocycles. The highest BCUT2D eigenvalue weighted by molar-refractivity contribution is 14.1. The summed E-state index contributed by atoms with van der Waals surface area (Å²) < 4.78 is 5.93. The van der Waals surface area contributed by atoms with Crippen molar-refractivity contribution >= 4 is 51.5 Å². The second-order valence-corrected chi connectivity index (χ2v) is 6.62. The Balaban J connectivity index is 1.91. The second kappa shape index (κ2) is 6.99. The summed E-state index contributed by atoms with van der Waals surface area (Å²) in [6, 6.07) is 7.38. The highest BCUT2D eigenvalue weighted by atomic mass is 127. The minimum atomic E-state index is -0.518. The maximum Gasteiger partial charge on any atom is 0.350 e. The van der Waals surface area contributed by atoms with E-state index < -0.39 is 5.97 Å². The molecule has 0 aliphatic rings. The number of aromatic nitrogens is 1. The number of hydrogen-bond acceptors (Lipinski definition) is 5. The van der Waals surface area contributed by atoms with Crippen LogP contribution >= 0.6 is 33.9 Å². The number of anilines is 1. The minimum absolute atomic E-state index is 0.319. The van der Waals surface area contributed by atoms with E-state index in [2.05, 4.69) is 32.9 Å². The van der Waals surface area contributed by atoms with E-state index in [1.807, 2.05) is 25.1 Å². The van der Waals surface area contributed by atoms with E-state index in [9.17, 15) is 9.59 Å². The van der Waals surface area contributed by atoms with Crippen molar-refractivity contribution in [2.75, 3.05) is 11.9 Å². The summed E-state index contributed by atoms with van der Waals surface area (Å²) in [7, 11) is 0. The molecule has 21 heavy (non-hydrogen) atoms. The number of rotatable bonds is 4. The fourth-order valence-corrected chi connectivity index (χ4v) is 3.00. The van der Waals surface area contributed by atoms with Crippen molar-refractivity contribution in [2.24, 2.45) is 0 Å². The van der Waals surface area contributed by atoms with Crippen molar-refractivity contribution in [3.63, 3.8) is 0 Å². The van der Waals surface area contributed by atoms with Crippen LogP contribution in [0.15, 0.2) is 24.3 Å². The quantitative estimate of drug-likeness (QED) is 0.614. The van der Waals surface area contributed by atoms with Crippen LogP contribution in [0.2, 0.25) is 0 Å². The zero-order valence-electron chi connectivity index (χ0n) is 11.5. The number of amides is 1. The molecule has 2 rings (SSSR count). The van der Waals surface area contributed by atoms with Gasteiger partial charge in [-0.3, -0.25) is 4.79 Å². The van der Waals surface area contributed by atoms with E-state index in [1.54, 1.807) is 13.0 Å². The van der Waals surface area contributed by atoms with Gasteiger partial charge in [0.2, 0.25) is 0 Å². The number of carbonyl (C=O) groups excluding carboxylic acids is 2. The van der Waals surface area contributed by atoms with E-state index in [0.29, 0.717) is 16.3 Å². The van der Waals surface area contributed by atoms with Crippen molar-refractivity contribution < 1.29 is 14.3 Å². The normalized spacial score (nSPS) is 10.2. The monoisotopic (exact) mass is 416 g/mol. The molecule has 1 heterocycles. The van der Waals surface area contributed by atoms with Crippen LogP contribution in [0, 0.1) is 17.4 Å². The first-order valence-corrected chi connectivity index (χ1v) is 8.02.